The number of ether oxygens (including phenoxy) is 1. The average Bonchev–Trinajstić information content (AvgIpc) is 2.45. The second-order valence-corrected chi connectivity index (χ2v) is 5.55. The molecule has 20 heavy (non-hydrogen) atoms. The summed E-state index contributed by atoms with van der Waals surface area (Å²) in [5.74, 6) is -1.25. The molecule has 1 atom stereocenters. The van der Waals surface area contributed by atoms with Gasteiger partial charge in [0.1, 0.15) is 5.75 Å². The normalized spacial score (nSPS) is 15.6. The van der Waals surface area contributed by atoms with Crippen molar-refractivity contribution < 1.29 is 14.6 Å². The molecule has 110 valence electrons. The van der Waals surface area contributed by atoms with Gasteiger partial charge in [0.2, 0.25) is 0 Å². The summed E-state index contributed by atoms with van der Waals surface area (Å²) >= 11 is 6.45. The van der Waals surface area contributed by atoms with Crippen molar-refractivity contribution in [3.8, 4) is 5.75 Å². The molecule has 1 aliphatic carbocycles. The number of rotatable bonds is 4. The van der Waals surface area contributed by atoms with Crippen LogP contribution in [0.3, 0.4) is 0 Å². The lowest BCUT2D eigenvalue weighted by atomic mass is 9.82. The molecule has 4 nitrogen and oxygen atoms in total. The Morgan fingerprint density at radius 3 is 2.50 bits per heavy atom. The van der Waals surface area contributed by atoms with Crippen LogP contribution in [0.5, 0.6) is 5.75 Å². The number of methoxy groups -OCH3 is 1. The van der Waals surface area contributed by atoms with Crippen molar-refractivity contribution in [2.24, 2.45) is 5.73 Å². The summed E-state index contributed by atoms with van der Waals surface area (Å²) in [5.41, 5.74) is 9.53. The number of aliphatic carboxylic acids is 1. The largest absolute Gasteiger partial charge is 0.495 e. The molecule has 0 bridgehead atoms. The molecule has 0 spiro atoms. The number of fused-ring (bicyclic) bond motifs is 1. The van der Waals surface area contributed by atoms with Gasteiger partial charge in [0.25, 0.3) is 0 Å². The summed E-state index contributed by atoms with van der Waals surface area (Å²) < 4.78 is 5.41. The van der Waals surface area contributed by atoms with E-state index in [1.54, 1.807) is 0 Å². The van der Waals surface area contributed by atoms with Gasteiger partial charge in [-0.05, 0) is 49.3 Å². The fourth-order valence-corrected chi connectivity index (χ4v) is 3.50. The smallest absolute Gasteiger partial charge is 0.312 e. The molecular formula is C15H20ClNO3. The van der Waals surface area contributed by atoms with Gasteiger partial charge >= 0.3 is 5.97 Å². The summed E-state index contributed by atoms with van der Waals surface area (Å²) in [6.07, 6.45) is 4.07. The van der Waals surface area contributed by atoms with E-state index in [0.717, 1.165) is 36.8 Å². The highest BCUT2D eigenvalue weighted by atomic mass is 35.5. The van der Waals surface area contributed by atoms with Gasteiger partial charge in [-0.25, -0.2) is 0 Å². The van der Waals surface area contributed by atoms with Gasteiger partial charge < -0.3 is 15.6 Å². The maximum atomic E-state index is 11.5. The number of benzene rings is 1. The first-order valence-electron chi connectivity index (χ1n) is 6.83. The Labute approximate surface area is 123 Å². The number of hydrogen-bond donors (Lipinski definition) is 2. The highest BCUT2D eigenvalue weighted by molar-refractivity contribution is 6.33. The van der Waals surface area contributed by atoms with E-state index in [2.05, 4.69) is 0 Å². The third-order valence-corrected chi connectivity index (χ3v) is 4.52. The highest BCUT2D eigenvalue weighted by Crippen LogP contribution is 2.43. The Balaban J connectivity index is 2.72. The van der Waals surface area contributed by atoms with Crippen molar-refractivity contribution >= 4 is 17.6 Å². The molecule has 1 aliphatic rings. The second-order valence-electron chi connectivity index (χ2n) is 5.18. The number of nitrogens with two attached hydrogens (primary N) is 1. The Morgan fingerprint density at radius 2 is 2.00 bits per heavy atom. The Hall–Kier alpha value is -1.26. The minimum absolute atomic E-state index is 0.0294. The molecule has 1 unspecified atom stereocenters. The molecule has 0 aliphatic heterocycles. The van der Waals surface area contributed by atoms with Gasteiger partial charge in [0.15, 0.2) is 0 Å². The lowest BCUT2D eigenvalue weighted by Gasteiger charge is -2.26. The molecular weight excluding hydrogens is 278 g/mol. The van der Waals surface area contributed by atoms with Crippen molar-refractivity contribution in [3.05, 3.63) is 27.3 Å². The maximum Gasteiger partial charge on any atom is 0.312 e. The van der Waals surface area contributed by atoms with Gasteiger partial charge in [-0.1, -0.05) is 11.6 Å². The molecule has 1 aromatic carbocycles. The van der Waals surface area contributed by atoms with Crippen LogP contribution in [-0.4, -0.2) is 24.7 Å². The van der Waals surface area contributed by atoms with Crippen LogP contribution in [0, 0.1) is 6.92 Å². The standard InChI is InChI=1S/C15H20ClNO3/c1-8-9-5-3-4-6-10(9)13(16)14(20-2)12(8)11(7-17)15(18)19/h11H,3-7,17H2,1-2H3,(H,18,19). The summed E-state index contributed by atoms with van der Waals surface area (Å²) in [6, 6.07) is 0. The van der Waals surface area contributed by atoms with Crippen molar-refractivity contribution in [1.82, 2.24) is 0 Å². The van der Waals surface area contributed by atoms with Gasteiger partial charge in [-0.2, -0.15) is 0 Å². The van der Waals surface area contributed by atoms with E-state index in [9.17, 15) is 9.90 Å². The molecule has 3 N–H and O–H groups in total. The van der Waals surface area contributed by atoms with Crippen molar-refractivity contribution in [1.29, 1.82) is 0 Å². The minimum Gasteiger partial charge on any atom is -0.495 e. The van der Waals surface area contributed by atoms with Gasteiger partial charge in [0, 0.05) is 12.1 Å². The third kappa shape index (κ3) is 2.38. The highest BCUT2D eigenvalue weighted by Gasteiger charge is 2.30. The van der Waals surface area contributed by atoms with Crippen LogP contribution in [0.1, 0.15) is 41.0 Å². The van der Waals surface area contributed by atoms with E-state index >= 15 is 0 Å². The predicted molar refractivity (Wildman–Crippen MR) is 78.8 cm³/mol. The van der Waals surface area contributed by atoms with E-state index in [1.807, 2.05) is 6.92 Å². The van der Waals surface area contributed by atoms with E-state index in [-0.39, 0.29) is 6.54 Å². The monoisotopic (exact) mass is 297 g/mol. The van der Waals surface area contributed by atoms with Crippen LogP contribution in [0.2, 0.25) is 5.02 Å². The zero-order valence-electron chi connectivity index (χ0n) is 11.8. The number of halogens is 1. The molecule has 0 heterocycles. The Kier molecular flexibility index (Phi) is 4.55. The molecule has 1 aromatic rings. The summed E-state index contributed by atoms with van der Waals surface area (Å²) in [4.78, 5) is 11.5. The zero-order valence-corrected chi connectivity index (χ0v) is 12.6. The molecule has 0 aromatic heterocycles. The van der Waals surface area contributed by atoms with Gasteiger partial charge in [-0.3, -0.25) is 4.79 Å². The minimum atomic E-state index is -0.944. The second kappa shape index (κ2) is 6.02. The van der Waals surface area contributed by atoms with Crippen LogP contribution in [0.15, 0.2) is 0 Å². The first kappa shape index (κ1) is 15.1. The van der Waals surface area contributed by atoms with Crippen molar-refractivity contribution in [2.75, 3.05) is 13.7 Å². The molecule has 0 saturated carbocycles. The van der Waals surface area contributed by atoms with E-state index in [4.69, 9.17) is 22.1 Å². The fraction of sp³-hybridized carbons (Fsp3) is 0.533. The van der Waals surface area contributed by atoms with Crippen molar-refractivity contribution in [2.45, 2.75) is 38.5 Å². The van der Waals surface area contributed by atoms with Crippen LogP contribution in [-0.2, 0) is 17.6 Å². The van der Waals surface area contributed by atoms with Gasteiger partial charge in [-0.15, -0.1) is 0 Å². The predicted octanol–water partition coefficient (Wildman–Crippen LogP) is 2.66. The van der Waals surface area contributed by atoms with E-state index in [0.29, 0.717) is 16.3 Å². The van der Waals surface area contributed by atoms with Crippen LogP contribution >= 0.6 is 11.6 Å². The lowest BCUT2D eigenvalue weighted by molar-refractivity contribution is -0.138. The summed E-state index contributed by atoms with van der Waals surface area (Å²) in [5, 5.41) is 9.95. The summed E-state index contributed by atoms with van der Waals surface area (Å²) in [6.45, 7) is 1.98. The number of hydrogen-bond acceptors (Lipinski definition) is 3. The Morgan fingerprint density at radius 1 is 1.40 bits per heavy atom. The van der Waals surface area contributed by atoms with Crippen LogP contribution in [0.4, 0.5) is 0 Å². The third-order valence-electron chi connectivity index (χ3n) is 4.12. The quantitative estimate of drug-likeness (QED) is 0.896. The average molecular weight is 298 g/mol. The van der Waals surface area contributed by atoms with Crippen LogP contribution in [0.25, 0.3) is 0 Å². The number of carboxylic acid groups (broad SMARTS) is 1. The Bertz CT molecular complexity index is 543. The SMILES string of the molecule is COc1c(Cl)c2c(c(C)c1C(CN)C(=O)O)CCCC2. The van der Waals surface area contributed by atoms with Gasteiger partial charge in [0.05, 0.1) is 18.1 Å². The maximum absolute atomic E-state index is 11.5. The first-order valence-corrected chi connectivity index (χ1v) is 7.21. The topological polar surface area (TPSA) is 72.5 Å². The van der Waals surface area contributed by atoms with Crippen LogP contribution < -0.4 is 10.5 Å². The number of carboxylic acids is 1. The molecule has 0 radical (unpaired) electrons. The van der Waals surface area contributed by atoms with Crippen molar-refractivity contribution in [3.63, 3.8) is 0 Å². The molecule has 2 rings (SSSR count). The first-order chi connectivity index (χ1) is 9.52. The molecule has 0 amide bonds. The molecule has 0 saturated heterocycles. The van der Waals surface area contributed by atoms with E-state index in [1.165, 1.54) is 12.7 Å². The van der Waals surface area contributed by atoms with E-state index < -0.39 is 11.9 Å². The number of carbonyl (C=O) groups is 1. The molecule has 5 heteroatoms. The summed E-state index contributed by atoms with van der Waals surface area (Å²) in [7, 11) is 1.52. The molecule has 0 fully saturated rings. The zero-order chi connectivity index (χ0) is 14.9. The lowest BCUT2D eigenvalue weighted by Crippen LogP contribution is -2.24. The fourth-order valence-electron chi connectivity index (χ4n) is 3.11.